The van der Waals surface area contributed by atoms with Crippen molar-refractivity contribution in [3.05, 3.63) is 29.8 Å². The highest BCUT2D eigenvalue weighted by Crippen LogP contribution is 2.49. The lowest BCUT2D eigenvalue weighted by atomic mass is 10.2. The van der Waals surface area contributed by atoms with Crippen molar-refractivity contribution >= 4 is 30.6 Å². The Balaban J connectivity index is 3.00. The molecule has 0 aliphatic heterocycles. The predicted octanol–water partition coefficient (Wildman–Crippen LogP) is 2.48. The summed E-state index contributed by atoms with van der Waals surface area (Å²) >= 11 is 4.58. The van der Waals surface area contributed by atoms with Crippen LogP contribution < -0.4 is 5.50 Å². The molecule has 0 saturated heterocycles. The van der Waals surface area contributed by atoms with Crippen molar-refractivity contribution in [2.24, 2.45) is 5.50 Å². The van der Waals surface area contributed by atoms with Crippen LogP contribution in [-0.4, -0.2) is 21.5 Å². The average molecular weight is 287 g/mol. The Labute approximate surface area is 110 Å². The fourth-order valence-electron chi connectivity index (χ4n) is 1.13. The smallest absolute Gasteiger partial charge is 0.342 e. The number of para-hydroxylation sites is 1. The highest BCUT2D eigenvalue weighted by atomic mass is 32.1. The predicted molar refractivity (Wildman–Crippen MR) is 73.1 cm³/mol. The lowest BCUT2D eigenvalue weighted by Gasteiger charge is -2.28. The molecule has 5 nitrogen and oxygen atoms in total. The average Bonchev–Trinajstić information content (AvgIpc) is 2.28. The van der Waals surface area contributed by atoms with Crippen LogP contribution in [0.25, 0.3) is 0 Å². The van der Waals surface area contributed by atoms with Gasteiger partial charge in [-0.15, -0.1) is 0 Å². The van der Waals surface area contributed by atoms with Gasteiger partial charge in [0, 0.05) is 0 Å². The first kappa shape index (κ1) is 14.8. The first-order chi connectivity index (χ1) is 8.21. The molecule has 3 N–H and O–H groups in total. The quantitative estimate of drug-likeness (QED) is 0.502. The SMILES string of the molecule is CC(C)(OC(=O)c1ccccc1O)P(N)(=O)C=S. The number of ether oxygens (including phenoxy) is 1. The number of nitrogens with two attached hydrogens (primary N) is 1. The summed E-state index contributed by atoms with van der Waals surface area (Å²) in [6.07, 6.45) is 0. The molecule has 0 saturated carbocycles. The molecule has 1 aromatic carbocycles. The topological polar surface area (TPSA) is 89.6 Å². The van der Waals surface area contributed by atoms with Gasteiger partial charge in [-0.25, -0.2) is 4.79 Å². The maximum Gasteiger partial charge on any atom is 0.342 e. The molecule has 18 heavy (non-hydrogen) atoms. The second-order valence-corrected chi connectivity index (χ2v) is 7.51. The van der Waals surface area contributed by atoms with Gasteiger partial charge in [-0.05, 0) is 26.0 Å². The Morgan fingerprint density at radius 3 is 2.56 bits per heavy atom. The van der Waals surface area contributed by atoms with Gasteiger partial charge in [-0.2, -0.15) is 0 Å². The molecule has 0 aliphatic rings. The van der Waals surface area contributed by atoms with Crippen LogP contribution in [0.4, 0.5) is 0 Å². The van der Waals surface area contributed by atoms with Gasteiger partial charge >= 0.3 is 5.97 Å². The van der Waals surface area contributed by atoms with Crippen molar-refractivity contribution in [3.8, 4) is 5.75 Å². The minimum atomic E-state index is -3.40. The molecule has 1 rings (SSSR count). The van der Waals surface area contributed by atoms with Crippen molar-refractivity contribution in [3.63, 3.8) is 0 Å². The second kappa shape index (κ2) is 5.18. The summed E-state index contributed by atoms with van der Waals surface area (Å²) in [7, 11) is -3.40. The molecule has 0 bridgehead atoms. The molecular weight excluding hydrogens is 273 g/mol. The van der Waals surface area contributed by atoms with E-state index < -0.39 is 18.6 Å². The van der Waals surface area contributed by atoms with E-state index in [0.29, 0.717) is 0 Å². The summed E-state index contributed by atoms with van der Waals surface area (Å²) in [5.74, 6) is -1.02. The lowest BCUT2D eigenvalue weighted by Crippen LogP contribution is -2.31. The Kier molecular flexibility index (Phi) is 4.27. The number of phenolic OH excluding ortho intramolecular Hbond substituents is 1. The molecule has 7 heteroatoms. The van der Waals surface area contributed by atoms with Crippen LogP contribution in [0.1, 0.15) is 24.2 Å². The summed E-state index contributed by atoms with van der Waals surface area (Å²) in [5.41, 5.74) is 5.50. The fourth-order valence-corrected chi connectivity index (χ4v) is 2.37. The van der Waals surface area contributed by atoms with Crippen LogP contribution in [0.3, 0.4) is 0 Å². The van der Waals surface area contributed by atoms with Crippen LogP contribution in [0, 0.1) is 0 Å². The molecule has 0 fully saturated rings. The zero-order valence-corrected chi connectivity index (χ0v) is 11.7. The van der Waals surface area contributed by atoms with Gasteiger partial charge in [0.1, 0.15) is 11.3 Å². The molecular formula is C11H14NO4PS. The molecule has 1 atom stereocenters. The number of carbonyl (C=O) groups excluding carboxylic acids is 1. The van der Waals surface area contributed by atoms with Crippen molar-refractivity contribution in [1.82, 2.24) is 0 Å². The standard InChI is InChI=1S/C11H14NO4PS/c1-11(2,17(12,15)7-18)16-10(14)8-5-3-4-6-9(8)13/h3-7,13H,1-2H3,(H2,12,15). The van der Waals surface area contributed by atoms with E-state index in [1.165, 1.54) is 26.0 Å². The van der Waals surface area contributed by atoms with Crippen LogP contribution in [0.5, 0.6) is 5.75 Å². The molecule has 0 radical (unpaired) electrons. The number of phenols is 1. The number of hydrogen-bond acceptors (Lipinski definition) is 5. The molecule has 0 aromatic heterocycles. The van der Waals surface area contributed by atoms with Crippen LogP contribution >= 0.6 is 19.5 Å². The fraction of sp³-hybridized carbons (Fsp3) is 0.273. The van der Waals surface area contributed by atoms with E-state index in [1.807, 2.05) is 0 Å². The van der Waals surface area contributed by atoms with Crippen LogP contribution in [-0.2, 0) is 9.30 Å². The minimum absolute atomic E-state index is 0.0186. The first-order valence-electron chi connectivity index (χ1n) is 5.07. The molecule has 1 unspecified atom stereocenters. The molecule has 0 spiro atoms. The third-order valence-electron chi connectivity index (χ3n) is 2.46. The number of hydrogen-bond donors (Lipinski definition) is 2. The van der Waals surface area contributed by atoms with Crippen molar-refractivity contribution in [1.29, 1.82) is 0 Å². The van der Waals surface area contributed by atoms with E-state index in [2.05, 4.69) is 12.2 Å². The van der Waals surface area contributed by atoms with Crippen molar-refractivity contribution in [2.45, 2.75) is 19.2 Å². The summed E-state index contributed by atoms with van der Waals surface area (Å²) in [5, 5.41) is 9.01. The third-order valence-corrected chi connectivity index (χ3v) is 5.49. The monoisotopic (exact) mass is 287 g/mol. The third kappa shape index (κ3) is 2.96. The number of carbonyl (C=O) groups is 1. The van der Waals surface area contributed by atoms with E-state index in [9.17, 15) is 14.5 Å². The Morgan fingerprint density at radius 1 is 1.50 bits per heavy atom. The molecule has 0 heterocycles. The summed E-state index contributed by atoms with van der Waals surface area (Å²) < 4.78 is 17.0. The van der Waals surface area contributed by atoms with Gasteiger partial charge in [0.05, 0.1) is 5.11 Å². The summed E-state index contributed by atoms with van der Waals surface area (Å²) in [4.78, 5) is 11.8. The lowest BCUT2D eigenvalue weighted by molar-refractivity contribution is 0.0264. The van der Waals surface area contributed by atoms with E-state index in [1.54, 1.807) is 12.1 Å². The van der Waals surface area contributed by atoms with Gasteiger partial charge in [0.15, 0.2) is 5.34 Å². The highest BCUT2D eigenvalue weighted by Gasteiger charge is 2.39. The summed E-state index contributed by atoms with van der Waals surface area (Å²) in [6, 6.07) is 5.89. The Morgan fingerprint density at radius 2 is 2.06 bits per heavy atom. The molecule has 0 aliphatic carbocycles. The van der Waals surface area contributed by atoms with Gasteiger partial charge < -0.3 is 9.84 Å². The number of esters is 1. The van der Waals surface area contributed by atoms with E-state index >= 15 is 0 Å². The maximum absolute atomic E-state index is 11.9. The highest BCUT2D eigenvalue weighted by molar-refractivity contribution is 7.98. The zero-order valence-electron chi connectivity index (χ0n) is 9.99. The molecule has 0 amide bonds. The van der Waals surface area contributed by atoms with E-state index in [0.717, 1.165) is 5.11 Å². The Bertz CT molecular complexity index is 530. The van der Waals surface area contributed by atoms with Crippen molar-refractivity contribution < 1.29 is 19.2 Å². The molecule has 98 valence electrons. The number of thiocarbonyl (C=S) groups is 1. The van der Waals surface area contributed by atoms with Gasteiger partial charge in [-0.3, -0.25) is 10.1 Å². The maximum atomic E-state index is 11.9. The van der Waals surface area contributed by atoms with E-state index in [4.69, 9.17) is 10.2 Å². The van der Waals surface area contributed by atoms with Gasteiger partial charge in [-0.1, -0.05) is 24.4 Å². The normalized spacial score (nSPS) is 14.6. The number of rotatable bonds is 4. The number of benzene rings is 1. The summed E-state index contributed by atoms with van der Waals surface area (Å²) in [6.45, 7) is 2.82. The number of aromatic hydroxyl groups is 1. The van der Waals surface area contributed by atoms with Crippen LogP contribution in [0.2, 0.25) is 0 Å². The van der Waals surface area contributed by atoms with E-state index in [-0.39, 0.29) is 11.3 Å². The largest absolute Gasteiger partial charge is 0.507 e. The van der Waals surface area contributed by atoms with Crippen LogP contribution in [0.15, 0.2) is 24.3 Å². The first-order valence-corrected chi connectivity index (χ1v) is 7.39. The van der Waals surface area contributed by atoms with Gasteiger partial charge in [0.2, 0.25) is 7.29 Å². The zero-order chi connectivity index (χ0) is 14.0. The Hall–Kier alpha value is -1.23. The second-order valence-electron chi connectivity index (χ2n) is 4.17. The molecule has 1 aromatic rings. The van der Waals surface area contributed by atoms with Gasteiger partial charge in [0.25, 0.3) is 0 Å². The van der Waals surface area contributed by atoms with Crippen molar-refractivity contribution in [2.75, 3.05) is 0 Å². The minimum Gasteiger partial charge on any atom is -0.507 e.